The first-order chi connectivity index (χ1) is 13.9. The molecule has 4 heterocycles. The Labute approximate surface area is 160 Å². The van der Waals surface area contributed by atoms with Crippen LogP contribution in [-0.2, 0) is 6.42 Å². The average Bonchev–Trinajstić information content (AvgIpc) is 3.32. The molecule has 4 aromatic heterocycles. The van der Waals surface area contributed by atoms with Crippen molar-refractivity contribution in [1.82, 2.24) is 19.4 Å². The number of pyridine rings is 3. The fraction of sp³-hybridized carbons (Fsp3) is 0.0417. The van der Waals surface area contributed by atoms with Crippen LogP contribution in [0.15, 0.2) is 73.2 Å². The van der Waals surface area contributed by atoms with Crippen molar-refractivity contribution >= 4 is 38.5 Å². The van der Waals surface area contributed by atoms with Crippen molar-refractivity contribution in [3.8, 4) is 11.1 Å². The lowest BCUT2D eigenvalue weighted by Gasteiger charge is -2.12. The zero-order valence-electron chi connectivity index (χ0n) is 14.9. The maximum absolute atomic E-state index is 5.03. The minimum absolute atomic E-state index is 0.923. The van der Waals surface area contributed by atoms with E-state index < -0.39 is 0 Å². The average molecular weight is 358 g/mol. The van der Waals surface area contributed by atoms with E-state index in [0.29, 0.717) is 0 Å². The molecule has 4 nitrogen and oxygen atoms in total. The van der Waals surface area contributed by atoms with E-state index >= 15 is 0 Å². The first-order valence-electron chi connectivity index (χ1n) is 9.43. The van der Waals surface area contributed by atoms with Gasteiger partial charge in [-0.15, -0.1) is 0 Å². The fourth-order valence-electron chi connectivity index (χ4n) is 4.77. The summed E-state index contributed by atoms with van der Waals surface area (Å²) < 4.78 is 2.17. The summed E-state index contributed by atoms with van der Waals surface area (Å²) in [6, 6.07) is 19.3. The first kappa shape index (κ1) is 14.3. The van der Waals surface area contributed by atoms with Crippen LogP contribution in [0.3, 0.4) is 0 Å². The molecule has 6 aromatic rings. The number of nitrogens with zero attached hydrogens (tertiary/aromatic N) is 4. The van der Waals surface area contributed by atoms with E-state index in [1.54, 1.807) is 6.20 Å². The van der Waals surface area contributed by atoms with Gasteiger partial charge in [0.15, 0.2) is 0 Å². The van der Waals surface area contributed by atoms with E-state index in [1.807, 2.05) is 24.5 Å². The van der Waals surface area contributed by atoms with Crippen LogP contribution < -0.4 is 0 Å². The summed E-state index contributed by atoms with van der Waals surface area (Å²) >= 11 is 0. The zero-order valence-corrected chi connectivity index (χ0v) is 14.9. The van der Waals surface area contributed by atoms with Gasteiger partial charge in [-0.1, -0.05) is 36.4 Å². The second-order valence-electron chi connectivity index (χ2n) is 7.37. The van der Waals surface area contributed by atoms with Crippen molar-refractivity contribution in [3.05, 3.63) is 84.3 Å². The molecular weight excluding hydrogens is 344 g/mol. The fourth-order valence-corrected chi connectivity index (χ4v) is 4.77. The number of imidazole rings is 1. The quantitative estimate of drug-likeness (QED) is 0.352. The number of aromatic nitrogens is 4. The molecule has 0 radical (unpaired) electrons. The van der Waals surface area contributed by atoms with Gasteiger partial charge in [0.25, 0.3) is 0 Å². The Kier molecular flexibility index (Phi) is 2.51. The molecule has 0 bridgehead atoms. The summed E-state index contributed by atoms with van der Waals surface area (Å²) in [5.41, 5.74) is 9.19. The second kappa shape index (κ2) is 4.93. The molecule has 1 aliphatic carbocycles. The summed E-state index contributed by atoms with van der Waals surface area (Å²) in [6.07, 6.45) is 6.50. The molecule has 0 amide bonds. The highest BCUT2D eigenvalue weighted by Crippen LogP contribution is 2.44. The Morgan fingerprint density at radius 2 is 1.75 bits per heavy atom. The third kappa shape index (κ3) is 1.63. The van der Waals surface area contributed by atoms with Crippen LogP contribution in [0.25, 0.3) is 49.6 Å². The molecule has 7 rings (SSSR count). The lowest BCUT2D eigenvalue weighted by molar-refractivity contribution is 1.22. The summed E-state index contributed by atoms with van der Waals surface area (Å²) in [4.78, 5) is 14.1. The molecule has 0 spiro atoms. The summed E-state index contributed by atoms with van der Waals surface area (Å²) in [5, 5.41) is 3.55. The van der Waals surface area contributed by atoms with E-state index in [0.717, 1.165) is 34.1 Å². The molecule has 4 heteroatoms. The van der Waals surface area contributed by atoms with Crippen molar-refractivity contribution in [2.45, 2.75) is 6.42 Å². The third-order valence-corrected chi connectivity index (χ3v) is 5.93. The van der Waals surface area contributed by atoms with E-state index in [1.165, 1.54) is 33.0 Å². The summed E-state index contributed by atoms with van der Waals surface area (Å²) in [5.74, 6) is 0. The summed E-state index contributed by atoms with van der Waals surface area (Å²) in [6.45, 7) is 0. The van der Waals surface area contributed by atoms with Crippen LogP contribution in [0.1, 0.15) is 11.1 Å². The van der Waals surface area contributed by atoms with E-state index in [9.17, 15) is 0 Å². The van der Waals surface area contributed by atoms with Crippen molar-refractivity contribution in [2.75, 3.05) is 0 Å². The molecule has 130 valence electrons. The Morgan fingerprint density at radius 1 is 0.786 bits per heavy atom. The number of fused-ring (bicyclic) bond motifs is 12. The van der Waals surface area contributed by atoms with E-state index in [4.69, 9.17) is 9.97 Å². The van der Waals surface area contributed by atoms with Gasteiger partial charge < -0.3 is 0 Å². The van der Waals surface area contributed by atoms with Gasteiger partial charge in [0.2, 0.25) is 0 Å². The van der Waals surface area contributed by atoms with Crippen molar-refractivity contribution in [1.29, 1.82) is 0 Å². The monoisotopic (exact) mass is 358 g/mol. The lowest BCUT2D eigenvalue weighted by Crippen LogP contribution is -1.95. The third-order valence-electron chi connectivity index (χ3n) is 5.93. The standard InChI is InChI=1S/C24H14N4/c1-2-5-16-14(4-1)12-15-7-8-17-18-6-3-10-26-23(18)28-20-13-25-11-9-19(20)27-24(28)22(17)21(15)16/h1-11,13H,12H2. The molecule has 0 saturated heterocycles. The van der Waals surface area contributed by atoms with Crippen LogP contribution in [0, 0.1) is 0 Å². The van der Waals surface area contributed by atoms with Gasteiger partial charge in [-0.3, -0.25) is 9.38 Å². The largest absolute Gasteiger partial charge is 0.274 e. The Balaban J connectivity index is 1.84. The molecule has 0 aliphatic heterocycles. The van der Waals surface area contributed by atoms with E-state index in [-0.39, 0.29) is 0 Å². The smallest absolute Gasteiger partial charge is 0.148 e. The van der Waals surface area contributed by atoms with Crippen molar-refractivity contribution in [3.63, 3.8) is 0 Å². The molecule has 28 heavy (non-hydrogen) atoms. The van der Waals surface area contributed by atoms with Crippen LogP contribution >= 0.6 is 0 Å². The number of hydrogen-bond acceptors (Lipinski definition) is 3. The minimum Gasteiger partial charge on any atom is -0.274 e. The zero-order chi connectivity index (χ0) is 18.2. The predicted molar refractivity (Wildman–Crippen MR) is 112 cm³/mol. The van der Waals surface area contributed by atoms with Gasteiger partial charge in [-0.2, -0.15) is 0 Å². The molecule has 2 aromatic carbocycles. The predicted octanol–water partition coefficient (Wildman–Crippen LogP) is 5.16. The van der Waals surface area contributed by atoms with Gasteiger partial charge in [-0.25, -0.2) is 9.97 Å². The van der Waals surface area contributed by atoms with Gasteiger partial charge in [-0.05, 0) is 52.3 Å². The Bertz CT molecular complexity index is 1590. The van der Waals surface area contributed by atoms with Gasteiger partial charge >= 0.3 is 0 Å². The Hall–Kier alpha value is -3.79. The van der Waals surface area contributed by atoms with Crippen molar-refractivity contribution < 1.29 is 0 Å². The van der Waals surface area contributed by atoms with Gasteiger partial charge in [0.1, 0.15) is 11.3 Å². The molecule has 0 atom stereocenters. The van der Waals surface area contributed by atoms with Crippen LogP contribution in [0.2, 0.25) is 0 Å². The van der Waals surface area contributed by atoms with Gasteiger partial charge in [0.05, 0.1) is 17.2 Å². The molecule has 0 unspecified atom stereocenters. The van der Waals surface area contributed by atoms with Crippen LogP contribution in [-0.4, -0.2) is 19.4 Å². The van der Waals surface area contributed by atoms with Gasteiger partial charge in [0, 0.05) is 23.2 Å². The highest BCUT2D eigenvalue weighted by atomic mass is 15.1. The maximum atomic E-state index is 5.03. The van der Waals surface area contributed by atoms with Crippen molar-refractivity contribution in [2.24, 2.45) is 0 Å². The molecule has 0 N–H and O–H groups in total. The SMILES string of the molecule is c1ccc2c(c1)Cc1ccc3c4cccnc4n4c5cnccc5nc4c3c1-2. The first-order valence-corrected chi connectivity index (χ1v) is 9.43. The lowest BCUT2D eigenvalue weighted by atomic mass is 9.97. The molecule has 0 fully saturated rings. The Morgan fingerprint density at radius 3 is 2.75 bits per heavy atom. The molecular formula is C24H14N4. The maximum Gasteiger partial charge on any atom is 0.148 e. The number of hydrogen-bond donors (Lipinski definition) is 0. The number of rotatable bonds is 0. The topological polar surface area (TPSA) is 43.1 Å². The van der Waals surface area contributed by atoms with Crippen LogP contribution in [0.4, 0.5) is 0 Å². The summed E-state index contributed by atoms with van der Waals surface area (Å²) in [7, 11) is 0. The molecule has 0 saturated carbocycles. The van der Waals surface area contributed by atoms with E-state index in [2.05, 4.69) is 51.8 Å². The highest BCUT2D eigenvalue weighted by Gasteiger charge is 2.24. The second-order valence-corrected chi connectivity index (χ2v) is 7.37. The normalized spacial score (nSPS) is 12.9. The highest BCUT2D eigenvalue weighted by molar-refractivity contribution is 6.19. The number of benzene rings is 2. The molecule has 1 aliphatic rings. The minimum atomic E-state index is 0.923. The van der Waals surface area contributed by atoms with Crippen LogP contribution in [0.5, 0.6) is 0 Å².